The number of nitrogens with one attached hydrogen (secondary N) is 6. The molecule has 101 heavy (non-hydrogen) atoms. The molecule has 10 rings (SSSR count). The molecule has 5 aromatic heterocycles. The first-order valence-electron chi connectivity index (χ1n) is 31.8. The molecule has 7 amide bonds. The second-order valence-corrected chi connectivity index (χ2v) is 29.9. The minimum absolute atomic E-state index is 0.00386. The van der Waals surface area contributed by atoms with E-state index in [2.05, 4.69) is 96.6 Å². The topological polar surface area (TPSA) is 522 Å². The molecule has 0 bridgehead atoms. The molecule has 0 radical (unpaired) electrons. The zero-order chi connectivity index (χ0) is 72.3. The highest BCUT2D eigenvalue weighted by molar-refractivity contribution is 8.44. The van der Waals surface area contributed by atoms with Crippen LogP contribution in [0.5, 0.6) is 0 Å². The molecule has 3 saturated heterocycles. The number of thiol groups is 2. The van der Waals surface area contributed by atoms with Gasteiger partial charge in [-0.05, 0) is 62.6 Å². The maximum Gasteiger partial charge on any atom is 0.509 e. The van der Waals surface area contributed by atoms with Gasteiger partial charge in [-0.3, -0.25) is 51.2 Å². The van der Waals surface area contributed by atoms with Crippen molar-refractivity contribution in [1.29, 1.82) is 0 Å². The van der Waals surface area contributed by atoms with E-state index < -0.39 is 142 Å². The minimum atomic E-state index is -4.68. The Labute approximate surface area is 584 Å². The van der Waals surface area contributed by atoms with Crippen LogP contribution >= 0.6 is 38.1 Å². The monoisotopic (exact) mass is 1490 g/mol. The number of alkyl carbamates (subject to hydrolysis) is 1. The first-order valence-corrected chi connectivity index (χ1v) is 37.2. The molecule has 4 fully saturated rings. The van der Waals surface area contributed by atoms with Crippen LogP contribution in [0.3, 0.4) is 0 Å². The lowest BCUT2D eigenvalue weighted by atomic mass is 9.92. The molecule has 6 aromatic rings. The van der Waals surface area contributed by atoms with Crippen LogP contribution in [0.4, 0.5) is 36.1 Å². The van der Waals surface area contributed by atoms with Gasteiger partial charge in [0.05, 0.1) is 37.6 Å². The zero-order valence-electron chi connectivity index (χ0n) is 54.4. The van der Waals surface area contributed by atoms with Crippen molar-refractivity contribution in [3.8, 4) is 0 Å². The number of fused-ring (bicyclic) bond motifs is 4. The van der Waals surface area contributed by atoms with Crippen molar-refractivity contribution in [2.45, 2.75) is 165 Å². The summed E-state index contributed by atoms with van der Waals surface area (Å²) in [6.45, 7) is -6.33. The number of hydrogen-bond acceptors (Lipinski definition) is 29. The molecule has 546 valence electrons. The molecule has 0 spiro atoms. The number of benzene rings is 1. The van der Waals surface area contributed by atoms with Crippen LogP contribution in [-0.4, -0.2) is 189 Å². The number of nitrogens with two attached hydrogens (primary N) is 3. The fourth-order valence-electron chi connectivity index (χ4n) is 11.4. The first kappa shape index (κ1) is 74.9. The van der Waals surface area contributed by atoms with Gasteiger partial charge in [-0.2, -0.15) is 0 Å². The molecule has 14 atom stereocenters. The van der Waals surface area contributed by atoms with Gasteiger partial charge >= 0.3 is 31.9 Å². The zero-order valence-corrected chi connectivity index (χ0v) is 58.0. The second-order valence-electron chi connectivity index (χ2n) is 24.2. The van der Waals surface area contributed by atoms with E-state index in [1.165, 1.54) is 51.7 Å². The first-order chi connectivity index (χ1) is 48.2. The molecule has 3 aliphatic heterocycles. The second kappa shape index (κ2) is 33.4. The number of ether oxygens (including phenoxy) is 5. The van der Waals surface area contributed by atoms with E-state index in [1.807, 2.05) is 0 Å². The standard InChI is InChI=1S/C57H75FN20O19P2S2/c1-28(2)41(73-39(81)20-76-19-32(74-75-76)14-15-38(80)62-18-16-29(3)79)52(83)71-34(8-6-17-63-55(61)84)51(82)70-31-12-10-30(11-13-31)21-89-56(85)72-33-7-4-5-9-35(33)94-57(86)95-46-45-37(93-54(46)78-27-69-43-48(60)65-25-67-50(43)78)23-91-98(87,100)96-44-36(22-90-99(88,101)97-45)92-53(40(44)58)77-26-68-42-47(59)64-24-66-49(42)77/h10-13,19,24-28,33-37,40-41,44-46,53-54H,4-9,14-18,20-23H2,1-3H3,(H,62,80)(H,70,82)(H,71,83)(H,72,85)(H,73,81)(H,87,100)(H,88,101)(H2,59,64,66)(H2,60,65,67)(H3,61,63,84)/t33-,34+,35-,36-,37?,40-,41+,44-,45-,46-,53-,54-,98-,99-/m1/s1. The molecular formula is C57H75FN20O19P2S2. The molecule has 1 aromatic carbocycles. The number of imidazole rings is 2. The van der Waals surface area contributed by atoms with Crippen molar-refractivity contribution in [1.82, 2.24) is 80.6 Å². The number of hydrogen-bond donors (Lipinski definition) is 11. The Morgan fingerprint density at radius 1 is 0.762 bits per heavy atom. The number of carbonyl (C=O) groups is 8. The number of anilines is 3. The number of alkyl halides is 1. The van der Waals surface area contributed by atoms with E-state index in [1.54, 1.807) is 26.0 Å². The number of rotatable bonds is 25. The number of Topliss-reactive ketones (excluding diaryl/α,β-unsaturated/α-hetero) is 1. The largest absolute Gasteiger partial charge is 0.509 e. The maximum atomic E-state index is 16.6. The van der Waals surface area contributed by atoms with Gasteiger partial charge in [-0.1, -0.05) is 62.1 Å². The summed E-state index contributed by atoms with van der Waals surface area (Å²) in [5.74, 6) is -2.76. The van der Waals surface area contributed by atoms with Crippen LogP contribution in [0.25, 0.3) is 22.3 Å². The number of ketones is 1. The Bertz CT molecular complexity index is 4100. The van der Waals surface area contributed by atoms with E-state index >= 15 is 4.39 Å². The number of primary amides is 1. The van der Waals surface area contributed by atoms with Gasteiger partial charge in [0.15, 0.2) is 47.7 Å². The third-order valence-corrected chi connectivity index (χ3v) is 19.7. The molecular weight excluding hydrogens is 1410 g/mol. The Hall–Kier alpha value is -8.73. The van der Waals surface area contributed by atoms with Crippen molar-refractivity contribution < 1.29 is 93.7 Å². The van der Waals surface area contributed by atoms with Crippen molar-refractivity contribution in [3.63, 3.8) is 0 Å². The number of aryl methyl sites for hydroxylation is 1. The van der Waals surface area contributed by atoms with Gasteiger partial charge in [0, 0.05) is 44.2 Å². The number of nitrogens with zero attached hydrogens (tertiary/aromatic N) is 11. The predicted octanol–water partition coefficient (Wildman–Crippen LogP) is 2.95. The minimum Gasteiger partial charge on any atom is -0.445 e. The Balaban J connectivity index is 0.749. The molecule has 8 heterocycles. The number of aromatic nitrogens is 11. The average molecular weight is 1490 g/mol. The van der Waals surface area contributed by atoms with Crippen molar-refractivity contribution in [2.75, 3.05) is 43.1 Å². The van der Waals surface area contributed by atoms with Crippen LogP contribution in [-0.2, 0) is 94.5 Å². The van der Waals surface area contributed by atoms with E-state index in [-0.39, 0.29) is 116 Å². The predicted molar refractivity (Wildman–Crippen MR) is 355 cm³/mol. The molecule has 12 N–H and O–H groups in total. The third-order valence-electron chi connectivity index (χ3n) is 16.4. The molecule has 4 aliphatic rings. The van der Waals surface area contributed by atoms with Crippen molar-refractivity contribution in [2.24, 2.45) is 11.7 Å². The normalized spacial score (nSPS) is 25.8. The molecule has 1 saturated carbocycles. The highest BCUT2D eigenvalue weighted by Gasteiger charge is 2.56. The smallest absolute Gasteiger partial charge is 0.445 e. The summed E-state index contributed by atoms with van der Waals surface area (Å²) in [6.07, 6.45) is -7.87. The summed E-state index contributed by atoms with van der Waals surface area (Å²) in [6, 6.07) is 2.29. The summed E-state index contributed by atoms with van der Waals surface area (Å²) in [4.78, 5) is 128. The van der Waals surface area contributed by atoms with Crippen LogP contribution in [0.2, 0.25) is 0 Å². The van der Waals surface area contributed by atoms with Crippen molar-refractivity contribution in [3.05, 3.63) is 67.0 Å². The van der Waals surface area contributed by atoms with Gasteiger partial charge in [-0.25, -0.2) is 62.5 Å². The summed E-state index contributed by atoms with van der Waals surface area (Å²) < 4.78 is 102. The lowest BCUT2D eigenvalue weighted by Crippen LogP contribution is -2.55. The van der Waals surface area contributed by atoms with Gasteiger partial charge in [-0.15, -0.1) is 5.10 Å². The van der Waals surface area contributed by atoms with E-state index in [0.29, 0.717) is 30.5 Å². The third kappa shape index (κ3) is 19.7. The highest BCUT2D eigenvalue weighted by Crippen LogP contribution is 2.61. The van der Waals surface area contributed by atoms with Gasteiger partial charge in [0.2, 0.25) is 23.6 Å². The van der Waals surface area contributed by atoms with Crippen molar-refractivity contribution >= 4 is 125 Å². The van der Waals surface area contributed by atoms with Crippen LogP contribution in [0.15, 0.2) is 55.8 Å². The summed E-state index contributed by atoms with van der Waals surface area (Å²) >= 11 is 8.40. The summed E-state index contributed by atoms with van der Waals surface area (Å²) in [5.41, 5.74) is 18.9. The van der Waals surface area contributed by atoms with E-state index in [9.17, 15) is 47.5 Å². The molecule has 44 heteroatoms. The van der Waals surface area contributed by atoms with E-state index in [0.717, 1.165) is 12.7 Å². The quantitative estimate of drug-likeness (QED) is 0.0170. The van der Waals surface area contributed by atoms with Crippen LogP contribution in [0.1, 0.15) is 95.9 Å². The molecule has 1 aliphatic carbocycles. The fraction of sp³-hybridized carbons (Fsp3) is 0.544. The summed E-state index contributed by atoms with van der Waals surface area (Å²) in [7, 11) is 0. The van der Waals surface area contributed by atoms with Gasteiger partial charge in [0.25, 0.3) is 0 Å². The Morgan fingerprint density at radius 2 is 1.40 bits per heavy atom. The summed E-state index contributed by atoms with van der Waals surface area (Å²) in [5, 5.41) is 24.0. The maximum absolute atomic E-state index is 16.6. The Morgan fingerprint density at radius 3 is 2.05 bits per heavy atom. The highest BCUT2D eigenvalue weighted by atomic mass is 32.7. The van der Waals surface area contributed by atoms with E-state index in [4.69, 9.17) is 59.0 Å². The lowest BCUT2D eigenvalue weighted by Gasteiger charge is -2.32. The number of nitrogen functional groups attached to an aromatic ring is 2. The molecule has 39 nitrogen and oxygen atoms in total. The number of halogens is 1. The lowest BCUT2D eigenvalue weighted by molar-refractivity contribution is -0.132. The Kier molecular flexibility index (Phi) is 24.8. The number of urea groups is 1. The molecule has 1 unspecified atom stereocenters. The fourth-order valence-corrected chi connectivity index (χ4v) is 14.4. The van der Waals surface area contributed by atoms with Gasteiger partial charge in [0.1, 0.15) is 85.2 Å². The average Bonchev–Trinajstić information content (AvgIpc) is 1.61. The van der Waals surface area contributed by atoms with Crippen LogP contribution in [0, 0.1) is 5.92 Å². The SMILES string of the molecule is CC(=O)CCNC(=O)CCc1cn(CC(=O)N[C@H](C(=O)N[C@@H](CCCNC(N)=O)C(=O)Nc2ccc(COC(=O)N[C@@H]3CCCC[C@H]3OC(=O)O[C@@H]3[C@@H]4O[P@](=O)(S)OC[C@H]5O[C@@H](n6cnc7c(N)ncnc76)[C@H](F)[C@@H]5O[P@](=O)(S)OCC4O[C@H]3n3cnc4c(N)ncnc43)cc2)C(C)C)nn1. The van der Waals surface area contributed by atoms with Crippen LogP contribution < -0.4 is 49.1 Å². The number of amides is 7. The van der Waals surface area contributed by atoms with Gasteiger partial charge < -0.3 is 72.8 Å². The number of carbonyl (C=O) groups excluding carboxylic acids is 8.